The third kappa shape index (κ3) is 2.94. The van der Waals surface area contributed by atoms with E-state index in [4.69, 9.17) is 0 Å². The van der Waals surface area contributed by atoms with Crippen LogP contribution in [0.2, 0.25) is 0 Å². The SMILES string of the molecule is Cc1c(C(=O)NC2CC(O)C2)c2ccccc2n1Cc1ccccc1. The summed E-state index contributed by atoms with van der Waals surface area (Å²) in [4.78, 5) is 12.8. The van der Waals surface area contributed by atoms with E-state index < -0.39 is 0 Å². The van der Waals surface area contributed by atoms with Crippen LogP contribution < -0.4 is 5.32 Å². The van der Waals surface area contributed by atoms with Gasteiger partial charge in [-0.15, -0.1) is 0 Å². The average molecular weight is 334 g/mol. The molecule has 25 heavy (non-hydrogen) atoms. The quantitative estimate of drug-likeness (QED) is 0.769. The Morgan fingerprint density at radius 1 is 1.12 bits per heavy atom. The second kappa shape index (κ2) is 6.37. The van der Waals surface area contributed by atoms with Crippen molar-refractivity contribution >= 4 is 16.8 Å². The van der Waals surface area contributed by atoms with Gasteiger partial charge < -0.3 is 15.0 Å². The van der Waals surface area contributed by atoms with E-state index in [1.807, 2.05) is 43.3 Å². The molecule has 0 aliphatic heterocycles. The molecule has 2 N–H and O–H groups in total. The van der Waals surface area contributed by atoms with Crippen LogP contribution in [-0.2, 0) is 6.54 Å². The van der Waals surface area contributed by atoms with Crippen molar-refractivity contribution in [2.45, 2.75) is 38.5 Å². The summed E-state index contributed by atoms with van der Waals surface area (Å²) in [6.07, 6.45) is 1.02. The number of aliphatic hydroxyl groups is 1. The highest BCUT2D eigenvalue weighted by atomic mass is 16.3. The number of hydrogen-bond acceptors (Lipinski definition) is 2. The first-order valence-corrected chi connectivity index (χ1v) is 8.74. The van der Waals surface area contributed by atoms with Crippen LogP contribution in [0.1, 0.15) is 34.5 Å². The lowest BCUT2D eigenvalue weighted by Gasteiger charge is -2.32. The van der Waals surface area contributed by atoms with Gasteiger partial charge in [-0.05, 0) is 31.4 Å². The van der Waals surface area contributed by atoms with Gasteiger partial charge in [-0.3, -0.25) is 4.79 Å². The van der Waals surface area contributed by atoms with Gasteiger partial charge in [-0.2, -0.15) is 0 Å². The van der Waals surface area contributed by atoms with Crippen molar-refractivity contribution in [1.82, 2.24) is 9.88 Å². The van der Waals surface area contributed by atoms with E-state index in [1.54, 1.807) is 0 Å². The minimum atomic E-state index is -0.272. The average Bonchev–Trinajstić information content (AvgIpc) is 2.87. The Bertz CT molecular complexity index is 908. The zero-order chi connectivity index (χ0) is 17.4. The Morgan fingerprint density at radius 3 is 2.52 bits per heavy atom. The van der Waals surface area contributed by atoms with Crippen LogP contribution in [0.4, 0.5) is 0 Å². The fourth-order valence-electron chi connectivity index (χ4n) is 3.65. The van der Waals surface area contributed by atoms with Gasteiger partial charge in [0.15, 0.2) is 0 Å². The van der Waals surface area contributed by atoms with E-state index in [0.29, 0.717) is 12.8 Å². The molecular formula is C21H22N2O2. The summed E-state index contributed by atoms with van der Waals surface area (Å²) in [7, 11) is 0. The molecule has 2 aromatic carbocycles. The van der Waals surface area contributed by atoms with Gasteiger partial charge in [0.2, 0.25) is 0 Å². The van der Waals surface area contributed by atoms with Gasteiger partial charge in [-0.25, -0.2) is 0 Å². The molecule has 1 aliphatic carbocycles. The van der Waals surface area contributed by atoms with Crippen molar-refractivity contribution in [3.63, 3.8) is 0 Å². The summed E-state index contributed by atoms with van der Waals surface area (Å²) in [5.74, 6) is -0.0441. The number of carbonyl (C=O) groups excluding carboxylic acids is 1. The first kappa shape index (κ1) is 15.9. The van der Waals surface area contributed by atoms with Crippen molar-refractivity contribution in [3.05, 3.63) is 71.4 Å². The highest BCUT2D eigenvalue weighted by Gasteiger charge is 2.30. The number of hydrogen-bond donors (Lipinski definition) is 2. The van der Waals surface area contributed by atoms with Crippen LogP contribution in [0.25, 0.3) is 10.9 Å². The van der Waals surface area contributed by atoms with Gasteiger partial charge in [0.05, 0.1) is 11.7 Å². The highest BCUT2D eigenvalue weighted by molar-refractivity contribution is 6.08. The molecule has 0 saturated heterocycles. The molecule has 0 spiro atoms. The third-order valence-electron chi connectivity index (χ3n) is 5.09. The molecule has 4 heteroatoms. The van der Waals surface area contributed by atoms with Gasteiger partial charge in [-0.1, -0.05) is 48.5 Å². The van der Waals surface area contributed by atoms with Crippen LogP contribution in [0.15, 0.2) is 54.6 Å². The fourth-order valence-corrected chi connectivity index (χ4v) is 3.65. The molecular weight excluding hydrogens is 312 g/mol. The Hall–Kier alpha value is -2.59. The summed E-state index contributed by atoms with van der Waals surface area (Å²) < 4.78 is 2.20. The summed E-state index contributed by atoms with van der Waals surface area (Å²) in [6, 6.07) is 18.4. The molecule has 1 aliphatic rings. The molecule has 0 radical (unpaired) electrons. The summed E-state index contributed by atoms with van der Waals surface area (Å²) >= 11 is 0. The van der Waals surface area contributed by atoms with E-state index >= 15 is 0 Å². The monoisotopic (exact) mass is 334 g/mol. The maximum absolute atomic E-state index is 12.8. The number of nitrogens with zero attached hydrogens (tertiary/aromatic N) is 1. The van der Waals surface area contributed by atoms with Gasteiger partial charge in [0.25, 0.3) is 5.91 Å². The highest BCUT2D eigenvalue weighted by Crippen LogP contribution is 2.28. The molecule has 0 bridgehead atoms. The number of amides is 1. The third-order valence-corrected chi connectivity index (χ3v) is 5.09. The lowest BCUT2D eigenvalue weighted by Crippen LogP contribution is -2.46. The van der Waals surface area contributed by atoms with Crippen LogP contribution in [-0.4, -0.2) is 27.7 Å². The smallest absolute Gasteiger partial charge is 0.253 e. The van der Waals surface area contributed by atoms with Crippen LogP contribution >= 0.6 is 0 Å². The van der Waals surface area contributed by atoms with Crippen molar-refractivity contribution in [1.29, 1.82) is 0 Å². The first-order chi connectivity index (χ1) is 12.1. The van der Waals surface area contributed by atoms with Gasteiger partial charge in [0, 0.05) is 29.2 Å². The number of benzene rings is 2. The van der Waals surface area contributed by atoms with Crippen LogP contribution in [0.3, 0.4) is 0 Å². The molecule has 4 rings (SSSR count). The molecule has 0 unspecified atom stereocenters. The predicted molar refractivity (Wildman–Crippen MR) is 98.7 cm³/mol. The second-order valence-electron chi connectivity index (χ2n) is 6.84. The zero-order valence-corrected chi connectivity index (χ0v) is 14.3. The minimum absolute atomic E-state index is 0.0441. The molecule has 128 valence electrons. The number of carbonyl (C=O) groups is 1. The normalized spacial score (nSPS) is 19.6. The second-order valence-corrected chi connectivity index (χ2v) is 6.84. The molecule has 1 aromatic heterocycles. The number of fused-ring (bicyclic) bond motifs is 1. The largest absolute Gasteiger partial charge is 0.393 e. The molecule has 1 fully saturated rings. The van der Waals surface area contributed by atoms with Crippen LogP contribution in [0, 0.1) is 6.92 Å². The van der Waals surface area contributed by atoms with E-state index in [9.17, 15) is 9.90 Å². The molecule has 1 amide bonds. The summed E-state index contributed by atoms with van der Waals surface area (Å²) in [6.45, 7) is 2.75. The van der Waals surface area contributed by atoms with E-state index in [2.05, 4.69) is 28.1 Å². The summed E-state index contributed by atoms with van der Waals surface area (Å²) in [5, 5.41) is 13.5. The minimum Gasteiger partial charge on any atom is -0.393 e. The number of aliphatic hydroxyl groups excluding tert-OH is 1. The van der Waals surface area contributed by atoms with Crippen molar-refractivity contribution < 1.29 is 9.90 Å². The zero-order valence-electron chi connectivity index (χ0n) is 14.3. The molecule has 1 saturated carbocycles. The Morgan fingerprint density at radius 2 is 1.80 bits per heavy atom. The van der Waals surface area contributed by atoms with E-state index in [-0.39, 0.29) is 18.1 Å². The number of nitrogens with one attached hydrogen (secondary N) is 1. The molecule has 0 atom stereocenters. The molecule has 1 heterocycles. The van der Waals surface area contributed by atoms with Crippen LogP contribution in [0.5, 0.6) is 0 Å². The van der Waals surface area contributed by atoms with Gasteiger partial charge in [0.1, 0.15) is 0 Å². The first-order valence-electron chi connectivity index (χ1n) is 8.74. The van der Waals surface area contributed by atoms with Crippen molar-refractivity contribution in [2.75, 3.05) is 0 Å². The predicted octanol–water partition coefficient (Wildman–Crippen LogP) is 3.25. The number of aromatic nitrogens is 1. The standard InChI is InChI=1S/C21H22N2O2/c1-14-20(21(25)22-16-11-17(24)12-16)18-9-5-6-10-19(18)23(14)13-15-7-3-2-4-8-15/h2-10,16-17,24H,11-13H2,1H3,(H,22,25). The molecule has 4 nitrogen and oxygen atoms in total. The summed E-state index contributed by atoms with van der Waals surface area (Å²) in [5.41, 5.74) is 4.00. The van der Waals surface area contributed by atoms with E-state index in [0.717, 1.165) is 28.7 Å². The fraction of sp³-hybridized carbons (Fsp3) is 0.286. The Kier molecular flexibility index (Phi) is 4.06. The van der Waals surface area contributed by atoms with Crippen molar-refractivity contribution in [3.8, 4) is 0 Å². The van der Waals surface area contributed by atoms with E-state index in [1.165, 1.54) is 5.56 Å². The van der Waals surface area contributed by atoms with Crippen molar-refractivity contribution in [2.24, 2.45) is 0 Å². The lowest BCUT2D eigenvalue weighted by atomic mass is 9.89. The Balaban J connectivity index is 1.72. The number of rotatable bonds is 4. The Labute approximate surface area is 147 Å². The topological polar surface area (TPSA) is 54.3 Å². The maximum atomic E-state index is 12.8. The van der Waals surface area contributed by atoms with Gasteiger partial charge >= 0.3 is 0 Å². The lowest BCUT2D eigenvalue weighted by molar-refractivity contribution is 0.0563. The maximum Gasteiger partial charge on any atom is 0.253 e. The molecule has 3 aromatic rings. The number of para-hydroxylation sites is 1.